The van der Waals surface area contributed by atoms with E-state index in [9.17, 15) is 28.8 Å². The van der Waals surface area contributed by atoms with Gasteiger partial charge in [0.25, 0.3) is 0 Å². The zero-order valence-electron chi connectivity index (χ0n) is 20.4. The minimum Gasteiger partial charge on any atom is -0.454 e. The average molecular weight is 516 g/mol. The Morgan fingerprint density at radius 1 is 1.16 bits per heavy atom. The molecule has 3 heterocycles. The second-order valence-corrected chi connectivity index (χ2v) is 9.08. The topological polar surface area (TPSA) is 155 Å². The van der Waals surface area contributed by atoms with Crippen LogP contribution in [0.5, 0.6) is 11.5 Å². The fourth-order valence-electron chi connectivity index (χ4n) is 4.50. The lowest BCUT2D eigenvalue weighted by Crippen LogP contribution is -2.64. The first-order chi connectivity index (χ1) is 17.8. The van der Waals surface area contributed by atoms with Crippen molar-refractivity contribution >= 4 is 35.8 Å². The van der Waals surface area contributed by atoms with Crippen molar-refractivity contribution in [2.24, 2.45) is 0 Å². The molecule has 0 bridgehead atoms. The van der Waals surface area contributed by atoms with Gasteiger partial charge in [-0.15, -0.1) is 0 Å². The van der Waals surface area contributed by atoms with Gasteiger partial charge < -0.3 is 19.6 Å². The molecule has 37 heavy (non-hydrogen) atoms. The van der Waals surface area contributed by atoms with E-state index in [4.69, 9.17) is 9.47 Å². The van der Waals surface area contributed by atoms with Crippen molar-refractivity contribution in [1.82, 2.24) is 25.8 Å². The number of urea groups is 1. The third kappa shape index (κ3) is 5.98. The summed E-state index contributed by atoms with van der Waals surface area (Å²) >= 11 is 0. The maximum absolute atomic E-state index is 13.4. The number of nitrogens with zero attached hydrogens (tertiary/aromatic N) is 3. The van der Waals surface area contributed by atoms with Crippen molar-refractivity contribution in [3.8, 4) is 11.5 Å². The lowest BCUT2D eigenvalue weighted by molar-refractivity contribution is -0.155. The van der Waals surface area contributed by atoms with Crippen LogP contribution in [0.1, 0.15) is 44.6 Å². The summed E-state index contributed by atoms with van der Waals surface area (Å²) in [5, 5.41) is 5.79. The van der Waals surface area contributed by atoms with Gasteiger partial charge in [-0.1, -0.05) is 6.07 Å². The smallest absolute Gasteiger partial charge is 0.358 e. The molecule has 2 atom stereocenters. The van der Waals surface area contributed by atoms with Crippen molar-refractivity contribution in [2.45, 2.75) is 57.5 Å². The number of rotatable bonds is 9. The molecule has 0 aliphatic carbocycles. The quantitative estimate of drug-likeness (QED) is 0.438. The van der Waals surface area contributed by atoms with E-state index in [1.165, 1.54) is 11.9 Å². The SMILES string of the molecule is CC(=O)CC(C=O)NC(=O)C1CCCN2C(=O)CCN(NC(=O)CCc3ccc4c(c3)OCO4)C(=O)N12. The predicted octanol–water partition coefficient (Wildman–Crippen LogP) is 0.0756. The van der Waals surface area contributed by atoms with Gasteiger partial charge >= 0.3 is 6.03 Å². The Morgan fingerprint density at radius 3 is 2.70 bits per heavy atom. The maximum atomic E-state index is 13.4. The number of ether oxygens (including phenoxy) is 2. The number of hydrazine groups is 2. The first-order valence-electron chi connectivity index (χ1n) is 12.1. The van der Waals surface area contributed by atoms with Crippen LogP contribution in [0.4, 0.5) is 4.79 Å². The van der Waals surface area contributed by atoms with Crippen LogP contribution in [0, 0.1) is 0 Å². The van der Waals surface area contributed by atoms with E-state index in [2.05, 4.69) is 10.7 Å². The summed E-state index contributed by atoms with van der Waals surface area (Å²) in [5.41, 5.74) is 3.41. The lowest BCUT2D eigenvalue weighted by atomic mass is 10.1. The molecule has 1 aromatic rings. The molecule has 2 unspecified atom stereocenters. The Balaban J connectivity index is 1.42. The number of hydrogen-bond donors (Lipinski definition) is 2. The number of fused-ring (bicyclic) bond motifs is 2. The summed E-state index contributed by atoms with van der Waals surface area (Å²) in [6.07, 6.45) is 1.41. The predicted molar refractivity (Wildman–Crippen MR) is 126 cm³/mol. The molecule has 0 aromatic heterocycles. The standard InChI is InChI=1S/C24H29N5O8/c1-15(31)11-17(13-30)25-23(34)18-3-2-9-28-22(33)8-10-27(24(35)29(18)28)26-21(32)7-5-16-4-6-19-20(12-16)37-14-36-19/h4,6,12-13,17-18H,2-3,5,7-11,14H2,1H3,(H,25,34)(H,26,32). The lowest BCUT2D eigenvalue weighted by Gasteiger charge is -2.43. The highest BCUT2D eigenvalue weighted by molar-refractivity contribution is 5.93. The summed E-state index contributed by atoms with van der Waals surface area (Å²) in [6, 6.07) is 2.54. The molecule has 0 saturated carbocycles. The zero-order valence-corrected chi connectivity index (χ0v) is 20.4. The highest BCUT2D eigenvalue weighted by Gasteiger charge is 2.44. The Bertz CT molecular complexity index is 1110. The molecular formula is C24H29N5O8. The molecule has 2 fully saturated rings. The van der Waals surface area contributed by atoms with Gasteiger partial charge in [-0.05, 0) is 43.9 Å². The van der Waals surface area contributed by atoms with E-state index in [0.717, 1.165) is 15.6 Å². The summed E-state index contributed by atoms with van der Waals surface area (Å²) in [4.78, 5) is 74.6. The number of Topliss-reactive ketones (excluding diaryl/α,β-unsaturated/α-hetero) is 1. The molecular weight excluding hydrogens is 486 g/mol. The molecule has 13 nitrogen and oxygen atoms in total. The molecule has 2 saturated heterocycles. The molecule has 3 aliphatic heterocycles. The van der Waals surface area contributed by atoms with E-state index in [0.29, 0.717) is 30.6 Å². The van der Waals surface area contributed by atoms with Crippen LogP contribution in [0.3, 0.4) is 0 Å². The van der Waals surface area contributed by atoms with E-state index in [1.807, 2.05) is 6.07 Å². The minimum absolute atomic E-state index is 0.0413. The van der Waals surface area contributed by atoms with Crippen LogP contribution < -0.4 is 20.2 Å². The number of nitrogens with one attached hydrogen (secondary N) is 2. The normalized spacial score (nSPS) is 19.6. The van der Waals surface area contributed by atoms with Gasteiger partial charge in [0.1, 0.15) is 18.1 Å². The summed E-state index contributed by atoms with van der Waals surface area (Å²) in [6.45, 7) is 1.63. The van der Waals surface area contributed by atoms with Gasteiger partial charge in [-0.3, -0.25) is 24.6 Å². The van der Waals surface area contributed by atoms with Crippen LogP contribution in [-0.4, -0.2) is 82.8 Å². The monoisotopic (exact) mass is 515 g/mol. The Labute approximate surface area is 212 Å². The third-order valence-electron chi connectivity index (χ3n) is 6.31. The van der Waals surface area contributed by atoms with Crippen molar-refractivity contribution in [3.63, 3.8) is 0 Å². The molecule has 4 rings (SSSR count). The number of aldehydes is 1. The first kappa shape index (κ1) is 25.9. The summed E-state index contributed by atoms with van der Waals surface area (Å²) < 4.78 is 10.6. The highest BCUT2D eigenvalue weighted by atomic mass is 16.7. The number of amides is 5. The van der Waals surface area contributed by atoms with E-state index in [1.54, 1.807) is 12.1 Å². The number of carbonyl (C=O) groups excluding carboxylic acids is 6. The Kier molecular flexibility index (Phi) is 7.89. The largest absolute Gasteiger partial charge is 0.454 e. The zero-order chi connectivity index (χ0) is 26.5. The molecule has 198 valence electrons. The number of hydrogen-bond acceptors (Lipinski definition) is 8. The maximum Gasteiger partial charge on any atom is 0.358 e. The van der Waals surface area contributed by atoms with Crippen molar-refractivity contribution in [2.75, 3.05) is 19.9 Å². The Hall–Kier alpha value is -4.16. The van der Waals surface area contributed by atoms with Gasteiger partial charge in [-0.2, -0.15) is 0 Å². The number of carbonyl (C=O) groups is 6. The molecule has 2 N–H and O–H groups in total. The van der Waals surface area contributed by atoms with E-state index >= 15 is 0 Å². The van der Waals surface area contributed by atoms with Gasteiger partial charge in [-0.25, -0.2) is 19.8 Å². The Morgan fingerprint density at radius 2 is 1.95 bits per heavy atom. The third-order valence-corrected chi connectivity index (χ3v) is 6.31. The van der Waals surface area contributed by atoms with E-state index < -0.39 is 29.9 Å². The van der Waals surface area contributed by atoms with Crippen molar-refractivity contribution < 1.29 is 38.2 Å². The van der Waals surface area contributed by atoms with Gasteiger partial charge in [0, 0.05) is 25.8 Å². The molecule has 0 spiro atoms. The fraction of sp³-hybridized carbons (Fsp3) is 0.500. The number of aryl methyl sites for hydroxylation is 1. The van der Waals surface area contributed by atoms with Crippen LogP contribution in [0.15, 0.2) is 18.2 Å². The highest BCUT2D eigenvalue weighted by Crippen LogP contribution is 2.32. The first-order valence-corrected chi connectivity index (χ1v) is 12.1. The van der Waals surface area contributed by atoms with Crippen LogP contribution >= 0.6 is 0 Å². The van der Waals surface area contributed by atoms with E-state index in [-0.39, 0.29) is 57.3 Å². The number of benzene rings is 1. The van der Waals surface area contributed by atoms with Crippen LogP contribution in [0.25, 0.3) is 0 Å². The van der Waals surface area contributed by atoms with Gasteiger partial charge in [0.05, 0.1) is 12.6 Å². The van der Waals surface area contributed by atoms with Gasteiger partial charge in [0.2, 0.25) is 24.5 Å². The van der Waals surface area contributed by atoms with Gasteiger partial charge in [0.15, 0.2) is 11.5 Å². The van der Waals surface area contributed by atoms with Crippen LogP contribution in [0.2, 0.25) is 0 Å². The summed E-state index contributed by atoms with van der Waals surface area (Å²) in [7, 11) is 0. The average Bonchev–Trinajstić information content (AvgIpc) is 3.31. The summed E-state index contributed by atoms with van der Waals surface area (Å²) in [5.74, 6) is -0.489. The van der Waals surface area contributed by atoms with Crippen LogP contribution in [-0.2, 0) is 30.4 Å². The second-order valence-electron chi connectivity index (χ2n) is 9.08. The molecule has 1 aromatic carbocycles. The molecule has 5 amide bonds. The van der Waals surface area contributed by atoms with Crippen molar-refractivity contribution in [3.05, 3.63) is 23.8 Å². The molecule has 13 heteroatoms. The number of ketones is 1. The molecule has 3 aliphatic rings. The van der Waals surface area contributed by atoms with Crippen molar-refractivity contribution in [1.29, 1.82) is 0 Å². The second kappa shape index (κ2) is 11.3. The minimum atomic E-state index is -1.08. The molecule has 0 radical (unpaired) electrons. The fourth-order valence-corrected chi connectivity index (χ4v) is 4.50.